The van der Waals surface area contributed by atoms with E-state index in [0.29, 0.717) is 0 Å². The highest BCUT2D eigenvalue weighted by molar-refractivity contribution is 7.17. The number of hydrogen-bond acceptors (Lipinski definition) is 4. The van der Waals surface area contributed by atoms with E-state index in [9.17, 15) is 0 Å². The van der Waals surface area contributed by atoms with Crippen LogP contribution in [0.1, 0.15) is 25.7 Å². The second-order valence-corrected chi connectivity index (χ2v) is 6.49. The Kier molecular flexibility index (Phi) is 2.50. The molecule has 0 spiro atoms. The number of nitrogens with zero attached hydrogens (tertiary/aromatic N) is 2. The Morgan fingerprint density at radius 3 is 2.72 bits per heavy atom. The monoisotopic (exact) mass is 259 g/mol. The van der Waals surface area contributed by atoms with Gasteiger partial charge in [0, 0.05) is 6.54 Å². The summed E-state index contributed by atoms with van der Waals surface area (Å²) in [5, 5.41) is 5.66. The van der Waals surface area contributed by atoms with Crippen molar-refractivity contribution in [1.82, 2.24) is 9.97 Å². The minimum atomic E-state index is 0.884. The van der Waals surface area contributed by atoms with Crippen LogP contribution in [0.3, 0.4) is 0 Å². The Balaban J connectivity index is 1.51. The molecule has 0 aromatic carbocycles. The summed E-state index contributed by atoms with van der Waals surface area (Å²) in [6, 6.07) is 2.06. The lowest BCUT2D eigenvalue weighted by Gasteiger charge is -2.16. The number of rotatable bonds is 5. The predicted octanol–water partition coefficient (Wildman–Crippen LogP) is 3.54. The van der Waals surface area contributed by atoms with E-state index in [1.54, 1.807) is 17.7 Å². The summed E-state index contributed by atoms with van der Waals surface area (Å²) in [6.45, 7) is 1.10. The first-order chi connectivity index (χ1) is 8.92. The van der Waals surface area contributed by atoms with E-state index in [0.717, 1.165) is 35.6 Å². The number of nitrogens with one attached hydrogen (secondary N) is 1. The Hall–Kier alpha value is -1.16. The van der Waals surface area contributed by atoms with Crippen LogP contribution < -0.4 is 5.32 Å². The highest BCUT2D eigenvalue weighted by Gasteiger charge is 2.41. The highest BCUT2D eigenvalue weighted by atomic mass is 32.1. The maximum Gasteiger partial charge on any atom is 0.147 e. The summed E-state index contributed by atoms with van der Waals surface area (Å²) in [7, 11) is 0. The van der Waals surface area contributed by atoms with Crippen LogP contribution in [0.15, 0.2) is 17.8 Å². The molecule has 0 atom stereocenters. The van der Waals surface area contributed by atoms with E-state index < -0.39 is 0 Å². The highest BCUT2D eigenvalue weighted by Crippen LogP contribution is 2.49. The predicted molar refractivity (Wildman–Crippen MR) is 74.8 cm³/mol. The maximum absolute atomic E-state index is 4.40. The molecule has 2 saturated carbocycles. The molecule has 0 bridgehead atoms. The SMILES string of the molecule is c1nc(NCC(C2CC2)C2CC2)c2sccc2n1. The van der Waals surface area contributed by atoms with Gasteiger partial charge in [0.05, 0.1) is 10.2 Å². The molecule has 0 saturated heterocycles. The molecule has 94 valence electrons. The molecule has 2 fully saturated rings. The van der Waals surface area contributed by atoms with Crippen molar-refractivity contribution in [1.29, 1.82) is 0 Å². The minimum absolute atomic E-state index is 0.884. The molecule has 2 aromatic rings. The normalized spacial score (nSPS) is 19.6. The smallest absolute Gasteiger partial charge is 0.147 e. The van der Waals surface area contributed by atoms with Gasteiger partial charge in [-0.2, -0.15) is 0 Å². The molecule has 0 aliphatic heterocycles. The summed E-state index contributed by atoms with van der Waals surface area (Å²) < 4.78 is 1.20. The molecule has 2 aliphatic rings. The van der Waals surface area contributed by atoms with Gasteiger partial charge in [-0.25, -0.2) is 9.97 Å². The van der Waals surface area contributed by atoms with Crippen molar-refractivity contribution in [3.8, 4) is 0 Å². The van der Waals surface area contributed by atoms with Gasteiger partial charge >= 0.3 is 0 Å². The van der Waals surface area contributed by atoms with E-state index in [1.165, 1.54) is 30.4 Å². The van der Waals surface area contributed by atoms with Crippen LogP contribution in [-0.2, 0) is 0 Å². The van der Waals surface area contributed by atoms with Crippen molar-refractivity contribution in [3.05, 3.63) is 17.8 Å². The van der Waals surface area contributed by atoms with Gasteiger partial charge in [0.15, 0.2) is 0 Å². The minimum Gasteiger partial charge on any atom is -0.368 e. The van der Waals surface area contributed by atoms with E-state index in [4.69, 9.17) is 0 Å². The largest absolute Gasteiger partial charge is 0.368 e. The first-order valence-electron chi connectivity index (χ1n) is 6.84. The fourth-order valence-corrected chi connectivity index (χ4v) is 3.71. The lowest BCUT2D eigenvalue weighted by molar-refractivity contribution is 0.428. The molecule has 3 nitrogen and oxygen atoms in total. The molecule has 2 aliphatic carbocycles. The lowest BCUT2D eigenvalue weighted by atomic mass is 9.98. The Labute approximate surface area is 111 Å². The average molecular weight is 259 g/mol. The van der Waals surface area contributed by atoms with Gasteiger partial charge in [-0.05, 0) is 54.9 Å². The van der Waals surface area contributed by atoms with Gasteiger partial charge in [0.1, 0.15) is 12.1 Å². The molecular formula is C14H17N3S. The first kappa shape index (κ1) is 10.7. The van der Waals surface area contributed by atoms with E-state index >= 15 is 0 Å². The molecule has 18 heavy (non-hydrogen) atoms. The van der Waals surface area contributed by atoms with Gasteiger partial charge < -0.3 is 5.32 Å². The second kappa shape index (κ2) is 4.19. The Bertz CT molecular complexity index is 545. The van der Waals surface area contributed by atoms with Crippen molar-refractivity contribution in [2.45, 2.75) is 25.7 Å². The third kappa shape index (κ3) is 1.99. The molecule has 2 aromatic heterocycles. The number of fused-ring (bicyclic) bond motifs is 1. The Morgan fingerprint density at radius 1 is 1.22 bits per heavy atom. The van der Waals surface area contributed by atoms with Gasteiger partial charge in [-0.1, -0.05) is 0 Å². The van der Waals surface area contributed by atoms with Crippen LogP contribution in [0.25, 0.3) is 10.2 Å². The molecule has 1 N–H and O–H groups in total. The van der Waals surface area contributed by atoms with E-state index in [1.807, 2.05) is 0 Å². The van der Waals surface area contributed by atoms with Crippen LogP contribution >= 0.6 is 11.3 Å². The summed E-state index contributed by atoms with van der Waals surface area (Å²) in [4.78, 5) is 8.68. The van der Waals surface area contributed by atoms with Crippen LogP contribution in [0.2, 0.25) is 0 Å². The summed E-state index contributed by atoms with van der Waals surface area (Å²) in [5.74, 6) is 3.90. The Morgan fingerprint density at radius 2 is 2.00 bits per heavy atom. The fraction of sp³-hybridized carbons (Fsp3) is 0.571. The van der Waals surface area contributed by atoms with Crippen molar-refractivity contribution in [2.75, 3.05) is 11.9 Å². The zero-order chi connectivity index (χ0) is 11.9. The lowest BCUT2D eigenvalue weighted by Crippen LogP contribution is -2.18. The molecule has 0 amide bonds. The molecule has 0 unspecified atom stereocenters. The van der Waals surface area contributed by atoms with Crippen molar-refractivity contribution >= 4 is 27.4 Å². The zero-order valence-electron chi connectivity index (χ0n) is 10.3. The van der Waals surface area contributed by atoms with Gasteiger partial charge in [-0.15, -0.1) is 11.3 Å². The van der Waals surface area contributed by atoms with E-state index in [-0.39, 0.29) is 0 Å². The van der Waals surface area contributed by atoms with E-state index in [2.05, 4.69) is 26.7 Å². The van der Waals surface area contributed by atoms with Crippen LogP contribution in [-0.4, -0.2) is 16.5 Å². The average Bonchev–Trinajstić information content (AvgIpc) is 3.30. The molecule has 4 rings (SSSR count). The summed E-state index contributed by atoms with van der Waals surface area (Å²) in [5.41, 5.74) is 1.06. The van der Waals surface area contributed by atoms with Gasteiger partial charge in [0.25, 0.3) is 0 Å². The third-order valence-corrected chi connectivity index (χ3v) is 5.11. The maximum atomic E-state index is 4.40. The quantitative estimate of drug-likeness (QED) is 0.892. The first-order valence-corrected chi connectivity index (χ1v) is 7.72. The van der Waals surface area contributed by atoms with Crippen molar-refractivity contribution in [2.24, 2.45) is 17.8 Å². The van der Waals surface area contributed by atoms with Gasteiger partial charge in [0.2, 0.25) is 0 Å². The summed E-state index contributed by atoms with van der Waals surface area (Å²) in [6.07, 6.45) is 7.45. The standard InChI is InChI=1S/C14H17N3S/c1-2-9(1)11(10-3-4-10)7-15-14-13-12(5-6-18-13)16-8-17-14/h5-6,8-11H,1-4,7H2,(H,15,16,17). The molecule has 0 radical (unpaired) electrons. The molecule has 2 heterocycles. The summed E-state index contributed by atoms with van der Waals surface area (Å²) >= 11 is 1.73. The number of anilines is 1. The molecular weight excluding hydrogens is 242 g/mol. The fourth-order valence-electron chi connectivity index (χ4n) is 2.90. The third-order valence-electron chi connectivity index (χ3n) is 4.20. The van der Waals surface area contributed by atoms with Crippen molar-refractivity contribution < 1.29 is 0 Å². The zero-order valence-corrected chi connectivity index (χ0v) is 11.1. The van der Waals surface area contributed by atoms with Crippen LogP contribution in [0.4, 0.5) is 5.82 Å². The molecule has 4 heteroatoms. The number of thiophene rings is 1. The van der Waals surface area contributed by atoms with Crippen LogP contribution in [0.5, 0.6) is 0 Å². The number of aromatic nitrogens is 2. The number of hydrogen-bond donors (Lipinski definition) is 1. The van der Waals surface area contributed by atoms with Gasteiger partial charge in [-0.3, -0.25) is 0 Å². The topological polar surface area (TPSA) is 37.8 Å². The second-order valence-electron chi connectivity index (χ2n) is 5.58. The van der Waals surface area contributed by atoms with Crippen molar-refractivity contribution in [3.63, 3.8) is 0 Å². The van der Waals surface area contributed by atoms with Crippen LogP contribution in [0, 0.1) is 17.8 Å².